The van der Waals surface area contributed by atoms with Gasteiger partial charge in [0.25, 0.3) is 0 Å². The number of aliphatic hydroxyl groups is 1. The lowest BCUT2D eigenvalue weighted by atomic mass is 10.1. The summed E-state index contributed by atoms with van der Waals surface area (Å²) in [6.45, 7) is -0.268. The molecule has 0 saturated heterocycles. The molecule has 0 atom stereocenters. The van der Waals surface area contributed by atoms with Crippen LogP contribution in [0.3, 0.4) is 0 Å². The number of nitrogens with one attached hydrogen (secondary N) is 1. The zero-order valence-corrected chi connectivity index (χ0v) is 13.6. The highest BCUT2D eigenvalue weighted by Gasteiger charge is 2.39. The summed E-state index contributed by atoms with van der Waals surface area (Å²) in [5.41, 5.74) is -0.180. The molecule has 3 rings (SSSR count). The minimum absolute atomic E-state index is 0.125. The Morgan fingerprint density at radius 2 is 1.81 bits per heavy atom. The number of carbonyl (C=O) groups is 1. The second-order valence-corrected chi connectivity index (χ2v) is 5.79. The molecule has 136 valence electrons. The third kappa shape index (κ3) is 3.72. The number of fused-ring (bicyclic) bond motifs is 1. The molecule has 1 aromatic heterocycles. The Hall–Kier alpha value is -2.80. The Morgan fingerprint density at radius 1 is 1.08 bits per heavy atom. The molecule has 0 amide bonds. The van der Waals surface area contributed by atoms with Crippen LogP contribution in [0.4, 0.5) is 13.2 Å². The lowest BCUT2D eigenvalue weighted by Gasteiger charge is -2.09. The van der Waals surface area contributed by atoms with E-state index in [4.69, 9.17) is 9.84 Å². The molecule has 0 bridgehead atoms. The third-order valence-electron chi connectivity index (χ3n) is 3.96. The van der Waals surface area contributed by atoms with Crippen molar-refractivity contribution >= 4 is 16.9 Å². The second kappa shape index (κ2) is 7.21. The number of aromatic nitrogens is 1. The molecule has 0 aliphatic heterocycles. The number of esters is 1. The van der Waals surface area contributed by atoms with Crippen LogP contribution in [0.15, 0.2) is 48.5 Å². The number of aromatic amines is 1. The van der Waals surface area contributed by atoms with Crippen LogP contribution in [0.25, 0.3) is 10.9 Å². The Balaban J connectivity index is 2.00. The van der Waals surface area contributed by atoms with Crippen LogP contribution in [0.5, 0.6) is 0 Å². The van der Waals surface area contributed by atoms with Crippen molar-refractivity contribution in [3.8, 4) is 0 Å². The zero-order chi connectivity index (χ0) is 18.7. The van der Waals surface area contributed by atoms with Crippen LogP contribution in [-0.2, 0) is 23.9 Å². The lowest BCUT2D eigenvalue weighted by Crippen LogP contribution is -2.14. The fourth-order valence-corrected chi connectivity index (χ4v) is 2.74. The molecule has 0 saturated carbocycles. The number of halogens is 3. The average Bonchev–Trinajstić information content (AvgIpc) is 3.00. The quantitative estimate of drug-likeness (QED) is 0.672. The minimum Gasteiger partial charge on any atom is -0.457 e. The predicted octanol–water partition coefficient (Wildman–Crippen LogP) is 4.08. The van der Waals surface area contributed by atoms with Crippen LogP contribution in [0, 0.1) is 0 Å². The van der Waals surface area contributed by atoms with Gasteiger partial charge >= 0.3 is 12.1 Å². The maximum Gasteiger partial charge on any atom is 0.432 e. The summed E-state index contributed by atoms with van der Waals surface area (Å²) in [7, 11) is 0. The van der Waals surface area contributed by atoms with Gasteiger partial charge in [-0.1, -0.05) is 36.4 Å². The van der Waals surface area contributed by atoms with E-state index in [1.54, 1.807) is 36.4 Å². The van der Waals surface area contributed by atoms with E-state index in [9.17, 15) is 18.0 Å². The zero-order valence-electron chi connectivity index (χ0n) is 13.6. The SMILES string of the molecule is O=C(OCc1ccccc1)c1c(C(F)(F)F)[nH]c2ccc(CCO)cc12. The number of carbonyl (C=O) groups excluding carboxylic acids is 1. The van der Waals surface area contributed by atoms with Crippen molar-refractivity contribution in [3.05, 3.63) is 70.9 Å². The fourth-order valence-electron chi connectivity index (χ4n) is 2.74. The van der Waals surface area contributed by atoms with E-state index in [1.807, 2.05) is 0 Å². The molecule has 0 aliphatic rings. The first-order valence-electron chi connectivity index (χ1n) is 7.94. The van der Waals surface area contributed by atoms with Gasteiger partial charge in [-0.05, 0) is 29.7 Å². The summed E-state index contributed by atoms with van der Waals surface area (Å²) in [5, 5.41) is 9.16. The summed E-state index contributed by atoms with van der Waals surface area (Å²) < 4.78 is 45.2. The van der Waals surface area contributed by atoms with Gasteiger partial charge in [-0.15, -0.1) is 0 Å². The van der Waals surface area contributed by atoms with Crippen molar-refractivity contribution in [2.75, 3.05) is 6.61 Å². The molecule has 0 fully saturated rings. The lowest BCUT2D eigenvalue weighted by molar-refractivity contribution is -0.141. The first kappa shape index (κ1) is 18.0. The van der Waals surface area contributed by atoms with E-state index in [2.05, 4.69) is 4.98 Å². The summed E-state index contributed by atoms with van der Waals surface area (Å²) >= 11 is 0. The number of hydrogen-bond donors (Lipinski definition) is 2. The van der Waals surface area contributed by atoms with E-state index in [0.717, 1.165) is 0 Å². The van der Waals surface area contributed by atoms with Gasteiger partial charge in [0.2, 0.25) is 0 Å². The van der Waals surface area contributed by atoms with E-state index in [1.165, 1.54) is 12.1 Å². The highest BCUT2D eigenvalue weighted by molar-refractivity contribution is 6.06. The molecule has 26 heavy (non-hydrogen) atoms. The van der Waals surface area contributed by atoms with Crippen molar-refractivity contribution in [2.45, 2.75) is 19.2 Å². The average molecular weight is 363 g/mol. The number of aliphatic hydroxyl groups excluding tert-OH is 1. The van der Waals surface area contributed by atoms with Crippen molar-refractivity contribution in [2.24, 2.45) is 0 Å². The maximum absolute atomic E-state index is 13.4. The van der Waals surface area contributed by atoms with E-state index in [-0.39, 0.29) is 30.5 Å². The molecule has 3 aromatic rings. The van der Waals surface area contributed by atoms with Gasteiger partial charge in [-0.25, -0.2) is 4.79 Å². The first-order valence-corrected chi connectivity index (χ1v) is 7.94. The minimum atomic E-state index is -4.72. The van der Waals surface area contributed by atoms with E-state index < -0.39 is 23.4 Å². The van der Waals surface area contributed by atoms with Gasteiger partial charge < -0.3 is 14.8 Å². The van der Waals surface area contributed by atoms with Crippen LogP contribution in [-0.4, -0.2) is 22.7 Å². The van der Waals surface area contributed by atoms with Crippen LogP contribution >= 0.6 is 0 Å². The number of rotatable bonds is 5. The van der Waals surface area contributed by atoms with Gasteiger partial charge in [0.15, 0.2) is 0 Å². The smallest absolute Gasteiger partial charge is 0.432 e. The monoisotopic (exact) mass is 363 g/mol. The largest absolute Gasteiger partial charge is 0.457 e. The molecule has 0 aliphatic carbocycles. The summed E-state index contributed by atoms with van der Waals surface area (Å²) in [6.07, 6.45) is -4.45. The molecule has 4 nitrogen and oxygen atoms in total. The second-order valence-electron chi connectivity index (χ2n) is 5.79. The Kier molecular flexibility index (Phi) is 4.99. The van der Waals surface area contributed by atoms with Crippen molar-refractivity contribution in [1.29, 1.82) is 0 Å². The Morgan fingerprint density at radius 3 is 2.46 bits per heavy atom. The summed E-state index contributed by atoms with van der Waals surface area (Å²) in [4.78, 5) is 14.7. The van der Waals surface area contributed by atoms with Gasteiger partial charge in [0.1, 0.15) is 12.3 Å². The van der Waals surface area contributed by atoms with Gasteiger partial charge in [-0.3, -0.25) is 0 Å². The summed E-state index contributed by atoms with van der Waals surface area (Å²) in [6, 6.07) is 13.2. The molecular formula is C19H16F3NO3. The Bertz CT molecular complexity index is 917. The van der Waals surface area contributed by atoms with Crippen LogP contribution in [0.1, 0.15) is 27.2 Å². The summed E-state index contributed by atoms with van der Waals surface area (Å²) in [5.74, 6) is -1.05. The van der Waals surface area contributed by atoms with Gasteiger partial charge in [-0.2, -0.15) is 13.2 Å². The van der Waals surface area contributed by atoms with Crippen molar-refractivity contribution in [3.63, 3.8) is 0 Å². The maximum atomic E-state index is 13.4. The molecule has 0 unspecified atom stereocenters. The molecule has 2 N–H and O–H groups in total. The molecule has 0 radical (unpaired) electrons. The molecule has 1 heterocycles. The molecule has 0 spiro atoms. The Labute approximate surface area is 147 Å². The number of benzene rings is 2. The standard InChI is InChI=1S/C19H16F3NO3/c20-19(21,22)17-16(18(25)26-11-13-4-2-1-3-5-13)14-10-12(8-9-24)6-7-15(14)23-17/h1-7,10,23-24H,8-9,11H2. The topological polar surface area (TPSA) is 62.3 Å². The number of ether oxygens (including phenoxy) is 1. The molecular weight excluding hydrogens is 347 g/mol. The van der Waals surface area contributed by atoms with Crippen molar-refractivity contribution in [1.82, 2.24) is 4.98 Å². The highest BCUT2D eigenvalue weighted by atomic mass is 19.4. The molecule has 2 aromatic carbocycles. The normalized spacial score (nSPS) is 11.7. The number of H-pyrrole nitrogens is 1. The predicted molar refractivity (Wildman–Crippen MR) is 89.7 cm³/mol. The van der Waals surface area contributed by atoms with E-state index in [0.29, 0.717) is 11.1 Å². The van der Waals surface area contributed by atoms with E-state index >= 15 is 0 Å². The van der Waals surface area contributed by atoms with Gasteiger partial charge in [0, 0.05) is 17.5 Å². The first-order chi connectivity index (χ1) is 12.4. The van der Waals surface area contributed by atoms with Crippen molar-refractivity contribution < 1.29 is 27.8 Å². The van der Waals surface area contributed by atoms with Crippen LogP contribution < -0.4 is 0 Å². The third-order valence-corrected chi connectivity index (χ3v) is 3.96. The van der Waals surface area contributed by atoms with Crippen LogP contribution in [0.2, 0.25) is 0 Å². The fraction of sp³-hybridized carbons (Fsp3) is 0.211. The number of hydrogen-bond acceptors (Lipinski definition) is 3. The number of alkyl halides is 3. The van der Waals surface area contributed by atoms with Gasteiger partial charge in [0.05, 0.1) is 5.56 Å². The molecule has 7 heteroatoms. The highest BCUT2D eigenvalue weighted by Crippen LogP contribution is 2.36.